The number of anilines is 1. The van der Waals surface area contributed by atoms with Crippen molar-refractivity contribution in [2.75, 3.05) is 18.4 Å². The van der Waals surface area contributed by atoms with Crippen LogP contribution in [0.2, 0.25) is 0 Å². The maximum absolute atomic E-state index is 12.0. The highest BCUT2D eigenvalue weighted by atomic mass is 16.4. The Morgan fingerprint density at radius 3 is 2.44 bits per heavy atom. The fourth-order valence-corrected chi connectivity index (χ4v) is 2.07. The molecule has 1 fully saturated rings. The second-order valence-electron chi connectivity index (χ2n) is 4.33. The predicted molar refractivity (Wildman–Crippen MR) is 67.8 cm³/mol. The highest BCUT2D eigenvalue weighted by Crippen LogP contribution is 2.17. The zero-order chi connectivity index (χ0) is 13.0. The molecule has 0 bridgehead atoms. The van der Waals surface area contributed by atoms with Gasteiger partial charge in [-0.15, -0.1) is 0 Å². The number of hydrogen-bond acceptors (Lipinski definition) is 2. The van der Waals surface area contributed by atoms with Crippen molar-refractivity contribution in [3.05, 3.63) is 29.8 Å². The molecular weight excluding hydrogens is 232 g/mol. The summed E-state index contributed by atoms with van der Waals surface area (Å²) in [6.07, 6.45) is 3.16. The largest absolute Gasteiger partial charge is 0.478 e. The molecule has 0 spiro atoms. The maximum Gasteiger partial charge on any atom is 0.337 e. The molecule has 5 heteroatoms. The van der Waals surface area contributed by atoms with Crippen LogP contribution in [0.1, 0.15) is 29.6 Å². The van der Waals surface area contributed by atoms with E-state index in [9.17, 15) is 9.59 Å². The van der Waals surface area contributed by atoms with E-state index in [1.807, 2.05) is 0 Å². The summed E-state index contributed by atoms with van der Waals surface area (Å²) in [5.74, 6) is -1.04. The van der Waals surface area contributed by atoms with Crippen LogP contribution in [-0.2, 0) is 0 Å². The number of carbonyl (C=O) groups is 2. The number of urea groups is 1. The van der Waals surface area contributed by atoms with Crippen LogP contribution in [-0.4, -0.2) is 35.1 Å². The van der Waals surface area contributed by atoms with Crippen molar-refractivity contribution in [2.45, 2.75) is 19.3 Å². The van der Waals surface area contributed by atoms with Gasteiger partial charge in [-0.1, -0.05) is 12.1 Å². The highest BCUT2D eigenvalue weighted by molar-refractivity contribution is 5.99. The lowest BCUT2D eigenvalue weighted by Gasteiger charge is -2.27. The second-order valence-corrected chi connectivity index (χ2v) is 4.33. The van der Waals surface area contributed by atoms with Gasteiger partial charge in [0.2, 0.25) is 0 Å². The fraction of sp³-hybridized carbons (Fsp3) is 0.385. The Hall–Kier alpha value is -2.04. The summed E-state index contributed by atoms with van der Waals surface area (Å²) in [6.45, 7) is 1.47. The van der Waals surface area contributed by atoms with Gasteiger partial charge in [-0.3, -0.25) is 0 Å². The van der Waals surface area contributed by atoms with Crippen LogP contribution >= 0.6 is 0 Å². The number of rotatable bonds is 2. The number of nitrogens with one attached hydrogen (secondary N) is 1. The third-order valence-electron chi connectivity index (χ3n) is 3.04. The first-order valence-corrected chi connectivity index (χ1v) is 6.07. The number of aromatic carboxylic acids is 1. The molecule has 2 amide bonds. The Morgan fingerprint density at radius 2 is 1.78 bits per heavy atom. The summed E-state index contributed by atoms with van der Waals surface area (Å²) < 4.78 is 0. The minimum Gasteiger partial charge on any atom is -0.478 e. The van der Waals surface area contributed by atoms with Crippen molar-refractivity contribution in [3.8, 4) is 0 Å². The molecule has 1 heterocycles. The fourth-order valence-electron chi connectivity index (χ4n) is 2.07. The Bertz CT molecular complexity index is 453. The lowest BCUT2D eigenvalue weighted by molar-refractivity contribution is 0.0698. The monoisotopic (exact) mass is 248 g/mol. The normalized spacial score (nSPS) is 15.2. The molecule has 1 aromatic rings. The standard InChI is InChI=1S/C13H16N2O3/c16-12(17)10-6-2-3-7-11(10)14-13(18)15-8-4-1-5-9-15/h2-3,6-7H,1,4-5,8-9H2,(H,14,18)(H,16,17). The average molecular weight is 248 g/mol. The number of hydrogen-bond donors (Lipinski definition) is 2. The summed E-state index contributed by atoms with van der Waals surface area (Å²) in [4.78, 5) is 24.7. The summed E-state index contributed by atoms with van der Waals surface area (Å²) in [7, 11) is 0. The lowest BCUT2D eigenvalue weighted by Crippen LogP contribution is -2.38. The van der Waals surface area contributed by atoms with Gasteiger partial charge in [-0.2, -0.15) is 0 Å². The van der Waals surface area contributed by atoms with Crippen molar-refractivity contribution in [3.63, 3.8) is 0 Å². The van der Waals surface area contributed by atoms with Gasteiger partial charge in [-0.05, 0) is 31.4 Å². The van der Waals surface area contributed by atoms with Gasteiger partial charge < -0.3 is 15.3 Å². The number of para-hydroxylation sites is 1. The molecule has 1 aliphatic heterocycles. The van der Waals surface area contributed by atoms with E-state index in [2.05, 4.69) is 5.32 Å². The molecule has 96 valence electrons. The van der Waals surface area contributed by atoms with E-state index in [0.717, 1.165) is 32.4 Å². The minimum absolute atomic E-state index is 0.114. The van der Waals surface area contributed by atoms with Crippen LogP contribution in [0.25, 0.3) is 0 Å². The lowest BCUT2D eigenvalue weighted by atomic mass is 10.1. The second kappa shape index (κ2) is 5.53. The number of carboxylic acid groups (broad SMARTS) is 1. The van der Waals surface area contributed by atoms with E-state index in [4.69, 9.17) is 5.11 Å². The molecule has 1 saturated heterocycles. The molecular formula is C13H16N2O3. The van der Waals surface area contributed by atoms with E-state index < -0.39 is 5.97 Å². The van der Waals surface area contributed by atoms with Crippen LogP contribution in [0.3, 0.4) is 0 Å². The molecule has 2 rings (SSSR count). The molecule has 0 unspecified atom stereocenters. The van der Waals surface area contributed by atoms with Gasteiger partial charge in [0, 0.05) is 13.1 Å². The van der Waals surface area contributed by atoms with Crippen LogP contribution in [0.4, 0.5) is 10.5 Å². The molecule has 1 aliphatic rings. The van der Waals surface area contributed by atoms with Gasteiger partial charge >= 0.3 is 12.0 Å². The van der Waals surface area contributed by atoms with Gasteiger partial charge in [0.15, 0.2) is 0 Å². The molecule has 0 aromatic heterocycles. The minimum atomic E-state index is -1.04. The number of amides is 2. The molecule has 5 nitrogen and oxygen atoms in total. The third-order valence-corrected chi connectivity index (χ3v) is 3.04. The molecule has 0 radical (unpaired) electrons. The molecule has 0 atom stereocenters. The van der Waals surface area contributed by atoms with Crippen LogP contribution < -0.4 is 5.32 Å². The topological polar surface area (TPSA) is 69.6 Å². The van der Waals surface area contributed by atoms with E-state index in [1.165, 1.54) is 6.07 Å². The third kappa shape index (κ3) is 2.80. The van der Waals surface area contributed by atoms with Crippen molar-refractivity contribution in [1.29, 1.82) is 0 Å². The van der Waals surface area contributed by atoms with Gasteiger partial charge in [0.05, 0.1) is 11.3 Å². The quantitative estimate of drug-likeness (QED) is 0.844. The van der Waals surface area contributed by atoms with E-state index in [0.29, 0.717) is 5.69 Å². The summed E-state index contributed by atoms with van der Waals surface area (Å²) >= 11 is 0. The van der Waals surface area contributed by atoms with Gasteiger partial charge in [-0.25, -0.2) is 9.59 Å². The maximum atomic E-state index is 12.0. The molecule has 0 saturated carbocycles. The number of carboxylic acids is 1. The van der Waals surface area contributed by atoms with Gasteiger partial charge in [0.1, 0.15) is 0 Å². The number of likely N-dealkylation sites (tertiary alicyclic amines) is 1. The van der Waals surface area contributed by atoms with Crippen molar-refractivity contribution >= 4 is 17.7 Å². The van der Waals surface area contributed by atoms with Gasteiger partial charge in [0.25, 0.3) is 0 Å². The first-order valence-electron chi connectivity index (χ1n) is 6.07. The van der Waals surface area contributed by atoms with Crippen molar-refractivity contribution in [1.82, 2.24) is 4.90 Å². The molecule has 1 aromatic carbocycles. The first kappa shape index (κ1) is 12.4. The highest BCUT2D eigenvalue weighted by Gasteiger charge is 2.18. The van der Waals surface area contributed by atoms with Crippen LogP contribution in [0.15, 0.2) is 24.3 Å². The smallest absolute Gasteiger partial charge is 0.337 e. The van der Waals surface area contributed by atoms with Crippen LogP contribution in [0, 0.1) is 0 Å². The van der Waals surface area contributed by atoms with Crippen molar-refractivity contribution < 1.29 is 14.7 Å². The predicted octanol–water partition coefficient (Wildman–Crippen LogP) is 2.40. The SMILES string of the molecule is O=C(O)c1ccccc1NC(=O)N1CCCCC1. The Kier molecular flexibility index (Phi) is 3.82. The Labute approximate surface area is 105 Å². The van der Waals surface area contributed by atoms with E-state index in [1.54, 1.807) is 23.1 Å². The molecule has 0 aliphatic carbocycles. The zero-order valence-electron chi connectivity index (χ0n) is 10.1. The number of benzene rings is 1. The van der Waals surface area contributed by atoms with E-state index in [-0.39, 0.29) is 11.6 Å². The summed E-state index contributed by atoms with van der Waals surface area (Å²) in [5, 5.41) is 11.7. The number of carbonyl (C=O) groups excluding carboxylic acids is 1. The van der Waals surface area contributed by atoms with Crippen molar-refractivity contribution in [2.24, 2.45) is 0 Å². The first-order chi connectivity index (χ1) is 8.68. The summed E-state index contributed by atoms with van der Waals surface area (Å²) in [6, 6.07) is 6.21. The molecule has 2 N–H and O–H groups in total. The van der Waals surface area contributed by atoms with Crippen LogP contribution in [0.5, 0.6) is 0 Å². The Morgan fingerprint density at radius 1 is 1.11 bits per heavy atom. The zero-order valence-corrected chi connectivity index (χ0v) is 10.1. The summed E-state index contributed by atoms with van der Waals surface area (Å²) in [5.41, 5.74) is 0.462. The molecule has 18 heavy (non-hydrogen) atoms. The average Bonchev–Trinajstić information content (AvgIpc) is 2.40. The number of piperidine rings is 1. The Balaban J connectivity index is 2.08. The number of nitrogens with zero attached hydrogens (tertiary/aromatic N) is 1. The van der Waals surface area contributed by atoms with E-state index >= 15 is 0 Å².